The normalized spacial score (nSPS) is 20.6. The number of aliphatic hydroxyl groups excluding tert-OH is 2. The lowest BCUT2D eigenvalue weighted by molar-refractivity contribution is -0.186. The molecule has 1 amide bonds. The van der Waals surface area contributed by atoms with E-state index in [1.807, 2.05) is 6.92 Å². The predicted octanol–water partition coefficient (Wildman–Crippen LogP) is -3.40. The number of Topliss-reactive ketones (excluding diaryl/α,β-unsaturated/α-hetero) is 3. The highest BCUT2D eigenvalue weighted by atomic mass is 16.7. The molecule has 40 heavy (non-hydrogen) atoms. The van der Waals surface area contributed by atoms with Gasteiger partial charge in [0, 0.05) is 63.5 Å². The Morgan fingerprint density at radius 1 is 1.05 bits per heavy atom. The summed E-state index contributed by atoms with van der Waals surface area (Å²) in [6, 6.07) is -3.14. The van der Waals surface area contributed by atoms with Crippen LogP contribution in [0, 0.1) is 0 Å². The van der Waals surface area contributed by atoms with E-state index in [1.165, 1.54) is 33.9 Å². The lowest BCUT2D eigenvalue weighted by Crippen LogP contribution is -2.36. The molecule has 1 aliphatic rings. The molecule has 0 aliphatic carbocycles. The highest BCUT2D eigenvalue weighted by molar-refractivity contribution is 6.59. The van der Waals surface area contributed by atoms with Crippen molar-refractivity contribution >= 4 is 50.8 Å². The van der Waals surface area contributed by atoms with Crippen LogP contribution in [-0.2, 0) is 33.4 Å². The van der Waals surface area contributed by atoms with Crippen LogP contribution in [0.25, 0.3) is 0 Å². The topological polar surface area (TPSA) is 273 Å². The molecule has 0 aromatic rings. The van der Waals surface area contributed by atoms with Crippen LogP contribution in [0.1, 0.15) is 60.3 Å². The second kappa shape index (κ2) is 24.4. The van der Waals surface area contributed by atoms with Gasteiger partial charge in [-0.3, -0.25) is 19.2 Å². The summed E-state index contributed by atoms with van der Waals surface area (Å²) in [5.41, 5.74) is 22.9. The van der Waals surface area contributed by atoms with Crippen molar-refractivity contribution in [3.05, 3.63) is 0 Å². The number of hydrazone groups is 1. The van der Waals surface area contributed by atoms with Crippen molar-refractivity contribution in [3.8, 4) is 0 Å². The molecular weight excluding hydrogens is 526 g/mol. The Labute approximate surface area is 237 Å². The second-order valence-corrected chi connectivity index (χ2v) is 8.81. The molecule has 1 fully saturated rings. The summed E-state index contributed by atoms with van der Waals surface area (Å²) in [7, 11) is 9.73. The first-order valence-corrected chi connectivity index (χ1v) is 12.3. The first-order valence-electron chi connectivity index (χ1n) is 12.3. The summed E-state index contributed by atoms with van der Waals surface area (Å²) in [5.74, 6) is -0.452. The van der Waals surface area contributed by atoms with Gasteiger partial charge in [-0.15, -0.1) is 0 Å². The Morgan fingerprint density at radius 2 is 1.55 bits per heavy atom. The molecule has 15 nitrogen and oxygen atoms in total. The Kier molecular flexibility index (Phi) is 25.7. The molecule has 4 radical (unpaired) electrons. The van der Waals surface area contributed by atoms with Crippen LogP contribution < -0.4 is 28.4 Å². The number of nitrogens with one attached hydrogen (secondary N) is 1. The van der Waals surface area contributed by atoms with Gasteiger partial charge in [-0.25, -0.2) is 5.43 Å². The molecule has 1 aliphatic heterocycles. The van der Waals surface area contributed by atoms with Crippen molar-refractivity contribution < 1.29 is 43.7 Å². The number of carbonyl (C=O) groups excluding carboxylic acids is 5. The third-order valence-corrected chi connectivity index (χ3v) is 4.29. The first-order chi connectivity index (χ1) is 18.3. The second-order valence-electron chi connectivity index (χ2n) is 8.81. The van der Waals surface area contributed by atoms with Gasteiger partial charge in [0.2, 0.25) is 5.91 Å². The Hall–Kier alpha value is -2.37. The number of hydrogen-bond donors (Lipinski definition) is 7. The van der Waals surface area contributed by atoms with Gasteiger partial charge in [0.15, 0.2) is 20.4 Å². The molecule has 1 rings (SSSR count). The lowest BCUT2D eigenvalue weighted by atomic mass is 9.90. The predicted molar refractivity (Wildman–Crippen MR) is 150 cm³/mol. The third-order valence-electron chi connectivity index (χ3n) is 4.29. The maximum Gasteiger partial charge on any atom is 0.236 e. The summed E-state index contributed by atoms with van der Waals surface area (Å²) in [6.45, 7) is 7.98. The molecular formula is C23H44B2N6O9. The van der Waals surface area contributed by atoms with Gasteiger partial charge >= 0.3 is 0 Å². The van der Waals surface area contributed by atoms with E-state index in [0.29, 0.717) is 13.0 Å². The molecule has 17 heteroatoms. The number of ketones is 3. The van der Waals surface area contributed by atoms with Crippen molar-refractivity contribution in [2.24, 2.45) is 28.0 Å². The first kappa shape index (κ1) is 42.1. The fraction of sp³-hybridized carbons (Fsp3) is 0.739. The number of rotatable bonds is 12. The highest BCUT2D eigenvalue weighted by Crippen LogP contribution is 2.17. The average Bonchev–Trinajstić information content (AvgIpc) is 3.10. The number of ether oxygens (including phenoxy) is 2. The Bertz CT molecular complexity index is 805. The highest BCUT2D eigenvalue weighted by Gasteiger charge is 2.31. The monoisotopic (exact) mass is 570 g/mol. The zero-order valence-electron chi connectivity index (χ0n) is 23.8. The molecule has 0 saturated carbocycles. The van der Waals surface area contributed by atoms with Crippen LogP contribution in [-0.4, -0.2) is 110 Å². The average molecular weight is 570 g/mol. The third kappa shape index (κ3) is 28.6. The quantitative estimate of drug-likeness (QED) is 0.0686. The van der Waals surface area contributed by atoms with Crippen LogP contribution in [0.4, 0.5) is 0 Å². The number of nitrogens with zero attached hydrogens (tertiary/aromatic N) is 1. The van der Waals surface area contributed by atoms with Gasteiger partial charge < -0.3 is 47.4 Å². The Morgan fingerprint density at radius 3 is 1.82 bits per heavy atom. The van der Waals surface area contributed by atoms with Crippen molar-refractivity contribution in [1.29, 1.82) is 0 Å². The minimum Gasteiger partial charge on any atom is -0.401 e. The minimum atomic E-state index is -1.09. The van der Waals surface area contributed by atoms with E-state index in [-0.39, 0.29) is 48.6 Å². The number of hydrogen-bond acceptors (Lipinski definition) is 14. The van der Waals surface area contributed by atoms with Crippen molar-refractivity contribution in [3.63, 3.8) is 0 Å². The molecule has 226 valence electrons. The molecule has 1 heterocycles. The van der Waals surface area contributed by atoms with E-state index in [0.717, 1.165) is 0 Å². The van der Waals surface area contributed by atoms with E-state index in [4.69, 9.17) is 58.3 Å². The van der Waals surface area contributed by atoms with E-state index in [1.54, 1.807) is 0 Å². The summed E-state index contributed by atoms with van der Waals surface area (Å²) in [4.78, 5) is 51.6. The van der Waals surface area contributed by atoms with Gasteiger partial charge in [0.25, 0.3) is 0 Å². The van der Waals surface area contributed by atoms with Crippen LogP contribution in [0.15, 0.2) is 5.10 Å². The summed E-state index contributed by atoms with van der Waals surface area (Å²) < 4.78 is 10.0. The molecule has 0 bridgehead atoms. The van der Waals surface area contributed by atoms with Crippen LogP contribution in [0.2, 0.25) is 0 Å². The standard InChI is InChI=1S/C7H13N3O2.C6H13NO3.C5H10BNO2.C5H8BNO2/c1-5(11)3-7(8)4-9-10-6(2)12;1-2-9-6-4(7)3-5(8)10-6;2*1-3(8)2-4(7)5(6)9/h4,7H,3,8H2,1-2H3,(H,10,12);4-6,8H,2-3,7H2,1H3;4-5,9H,2,7H2,1H3;4H,2,7H2,1H3/b9-4+;;;. The van der Waals surface area contributed by atoms with Gasteiger partial charge in [0.05, 0.1) is 17.8 Å². The van der Waals surface area contributed by atoms with Gasteiger partial charge in [0.1, 0.15) is 25.2 Å². The van der Waals surface area contributed by atoms with E-state index < -0.39 is 42.4 Å². The van der Waals surface area contributed by atoms with Gasteiger partial charge in [-0.1, -0.05) is 0 Å². The summed E-state index contributed by atoms with van der Waals surface area (Å²) in [5, 5.41) is 21.0. The molecule has 0 aromatic heterocycles. The summed E-state index contributed by atoms with van der Waals surface area (Å²) >= 11 is 0. The maximum absolute atomic E-state index is 10.5. The maximum atomic E-state index is 10.5. The van der Waals surface area contributed by atoms with Crippen LogP contribution in [0.5, 0.6) is 0 Å². The van der Waals surface area contributed by atoms with Crippen LogP contribution >= 0.6 is 0 Å². The number of nitrogens with two attached hydrogens (primary N) is 4. The van der Waals surface area contributed by atoms with E-state index >= 15 is 0 Å². The Balaban J connectivity index is -0.000000460. The number of carbonyl (C=O) groups is 5. The van der Waals surface area contributed by atoms with Crippen molar-refractivity contribution in [2.45, 2.75) is 103 Å². The lowest BCUT2D eigenvalue weighted by Gasteiger charge is -2.13. The van der Waals surface area contributed by atoms with E-state index in [9.17, 15) is 24.0 Å². The van der Waals surface area contributed by atoms with Gasteiger partial charge in [-0.2, -0.15) is 5.10 Å². The fourth-order valence-corrected chi connectivity index (χ4v) is 2.45. The number of amides is 1. The molecule has 7 unspecified atom stereocenters. The van der Waals surface area contributed by atoms with Crippen LogP contribution in [0.3, 0.4) is 0 Å². The van der Waals surface area contributed by atoms with Crippen molar-refractivity contribution in [2.75, 3.05) is 6.61 Å². The van der Waals surface area contributed by atoms with Crippen molar-refractivity contribution in [1.82, 2.24) is 5.43 Å². The van der Waals surface area contributed by atoms with Gasteiger partial charge in [-0.05, 0) is 27.7 Å². The fourth-order valence-electron chi connectivity index (χ4n) is 2.45. The van der Waals surface area contributed by atoms with E-state index in [2.05, 4.69) is 10.5 Å². The zero-order chi connectivity index (χ0) is 32.0. The number of aliphatic hydroxyl groups is 2. The largest absolute Gasteiger partial charge is 0.401 e. The molecule has 0 spiro atoms. The zero-order valence-corrected chi connectivity index (χ0v) is 23.8. The molecule has 1 saturated heterocycles. The summed E-state index contributed by atoms with van der Waals surface area (Å²) in [6.07, 6.45) is 1.05. The molecule has 7 atom stereocenters. The smallest absolute Gasteiger partial charge is 0.236 e. The minimum absolute atomic E-state index is 0.00299. The molecule has 11 N–H and O–H groups in total. The molecule has 0 aromatic carbocycles. The SMILES string of the molecule is CC(=O)CC(N)/C=N/NC(C)=O.CCOC1OC(O)CC1N.[B]C(=O)C(N)CC(C)=O.[B]C(O)C(N)CC(C)=O.